The number of allylic oxidation sites excluding steroid dienone is 1. The van der Waals surface area contributed by atoms with Crippen molar-refractivity contribution in [3.8, 4) is 17.2 Å². The SMILES string of the molecule is COc1ccc(NC(=O)COc2ccc(C(=O)/C=C/c3c(F)cccc3F)cc2)cc1OC. The van der Waals surface area contributed by atoms with E-state index in [0.29, 0.717) is 28.5 Å². The van der Waals surface area contributed by atoms with E-state index in [0.717, 1.165) is 24.3 Å². The lowest BCUT2D eigenvalue weighted by Gasteiger charge is -2.11. The fourth-order valence-corrected chi connectivity index (χ4v) is 2.90. The predicted molar refractivity (Wildman–Crippen MR) is 120 cm³/mol. The van der Waals surface area contributed by atoms with E-state index < -0.39 is 23.3 Å². The Balaban J connectivity index is 1.55. The van der Waals surface area contributed by atoms with Gasteiger partial charge in [0.15, 0.2) is 23.9 Å². The second-order valence-corrected chi connectivity index (χ2v) is 6.76. The molecule has 0 aliphatic carbocycles. The number of methoxy groups -OCH3 is 2. The molecule has 0 spiro atoms. The second-order valence-electron chi connectivity index (χ2n) is 6.76. The third-order valence-corrected chi connectivity index (χ3v) is 4.58. The van der Waals surface area contributed by atoms with Crippen molar-refractivity contribution in [3.63, 3.8) is 0 Å². The highest BCUT2D eigenvalue weighted by Crippen LogP contribution is 2.29. The summed E-state index contributed by atoms with van der Waals surface area (Å²) in [6.07, 6.45) is 2.18. The number of nitrogens with one attached hydrogen (secondary N) is 1. The van der Waals surface area contributed by atoms with Crippen LogP contribution < -0.4 is 19.5 Å². The lowest BCUT2D eigenvalue weighted by molar-refractivity contribution is -0.118. The third kappa shape index (κ3) is 6.16. The molecule has 1 amide bonds. The first kappa shape index (κ1) is 23.5. The van der Waals surface area contributed by atoms with Gasteiger partial charge in [-0.2, -0.15) is 0 Å². The smallest absolute Gasteiger partial charge is 0.262 e. The van der Waals surface area contributed by atoms with Crippen LogP contribution in [0.1, 0.15) is 15.9 Å². The summed E-state index contributed by atoms with van der Waals surface area (Å²) in [5.41, 5.74) is 0.525. The van der Waals surface area contributed by atoms with Crippen LogP contribution in [-0.2, 0) is 4.79 Å². The third-order valence-electron chi connectivity index (χ3n) is 4.58. The zero-order valence-electron chi connectivity index (χ0n) is 17.9. The van der Waals surface area contributed by atoms with E-state index in [1.165, 1.54) is 44.6 Å². The van der Waals surface area contributed by atoms with Crippen molar-refractivity contribution in [2.45, 2.75) is 0 Å². The minimum absolute atomic E-state index is 0.256. The van der Waals surface area contributed by atoms with Gasteiger partial charge < -0.3 is 19.5 Å². The molecule has 0 aromatic heterocycles. The molecule has 0 radical (unpaired) electrons. The molecule has 0 saturated carbocycles. The van der Waals surface area contributed by atoms with Crippen molar-refractivity contribution >= 4 is 23.5 Å². The van der Waals surface area contributed by atoms with Gasteiger partial charge in [0.25, 0.3) is 5.91 Å². The van der Waals surface area contributed by atoms with Gasteiger partial charge >= 0.3 is 0 Å². The van der Waals surface area contributed by atoms with Crippen LogP contribution in [0.2, 0.25) is 0 Å². The summed E-state index contributed by atoms with van der Waals surface area (Å²) in [6.45, 7) is -0.256. The monoisotopic (exact) mass is 453 g/mol. The van der Waals surface area contributed by atoms with Gasteiger partial charge in [0, 0.05) is 22.9 Å². The molecule has 0 saturated heterocycles. The standard InChI is InChI=1S/C25H21F2NO5/c1-31-23-13-8-17(14-24(23)32-2)28-25(30)15-33-18-9-6-16(7-10-18)22(29)12-11-19-20(26)4-3-5-21(19)27/h3-14H,15H2,1-2H3,(H,28,30)/b12-11+. The predicted octanol–water partition coefficient (Wildman–Crippen LogP) is 4.90. The van der Waals surface area contributed by atoms with Crippen molar-refractivity contribution in [3.05, 3.63) is 89.5 Å². The van der Waals surface area contributed by atoms with Gasteiger partial charge in [-0.05, 0) is 60.7 Å². The average molecular weight is 453 g/mol. The average Bonchev–Trinajstić information content (AvgIpc) is 2.82. The molecule has 33 heavy (non-hydrogen) atoms. The van der Waals surface area contributed by atoms with Crippen LogP contribution in [0.5, 0.6) is 17.2 Å². The number of amides is 1. The summed E-state index contributed by atoms with van der Waals surface area (Å²) in [6, 6.07) is 14.5. The van der Waals surface area contributed by atoms with Crippen LogP contribution in [0.15, 0.2) is 66.7 Å². The van der Waals surface area contributed by atoms with Gasteiger partial charge in [0.2, 0.25) is 0 Å². The molecule has 0 bridgehead atoms. The molecule has 6 nitrogen and oxygen atoms in total. The fourth-order valence-electron chi connectivity index (χ4n) is 2.90. The number of carbonyl (C=O) groups is 2. The molecular weight excluding hydrogens is 432 g/mol. The molecule has 3 aromatic rings. The van der Waals surface area contributed by atoms with Gasteiger partial charge in [-0.3, -0.25) is 9.59 Å². The van der Waals surface area contributed by atoms with Crippen LogP contribution in [0.3, 0.4) is 0 Å². The zero-order chi connectivity index (χ0) is 23.8. The zero-order valence-corrected chi connectivity index (χ0v) is 17.9. The van der Waals surface area contributed by atoms with Crippen molar-refractivity contribution in [1.29, 1.82) is 0 Å². The summed E-state index contributed by atoms with van der Waals surface area (Å²) < 4.78 is 43.1. The van der Waals surface area contributed by atoms with E-state index in [1.807, 2.05) is 0 Å². The highest BCUT2D eigenvalue weighted by atomic mass is 19.1. The lowest BCUT2D eigenvalue weighted by Crippen LogP contribution is -2.20. The number of carbonyl (C=O) groups excluding carboxylic acids is 2. The minimum Gasteiger partial charge on any atom is -0.493 e. The number of rotatable bonds is 9. The first-order valence-electron chi connectivity index (χ1n) is 9.82. The largest absolute Gasteiger partial charge is 0.493 e. The second kappa shape index (κ2) is 10.9. The molecule has 170 valence electrons. The summed E-state index contributed by atoms with van der Waals surface area (Å²) in [7, 11) is 3.01. The Labute approximate surface area is 189 Å². The number of halogens is 2. The number of anilines is 1. The van der Waals surface area contributed by atoms with Crippen LogP contribution in [0, 0.1) is 11.6 Å². The van der Waals surface area contributed by atoms with Crippen LogP contribution in [0.25, 0.3) is 6.08 Å². The summed E-state index contributed by atoms with van der Waals surface area (Å²) in [5.74, 6) is -0.951. The maximum atomic E-state index is 13.7. The van der Waals surface area contributed by atoms with Gasteiger partial charge in [-0.15, -0.1) is 0 Å². The van der Waals surface area contributed by atoms with E-state index in [9.17, 15) is 18.4 Å². The fraction of sp³-hybridized carbons (Fsp3) is 0.120. The topological polar surface area (TPSA) is 73.9 Å². The number of hydrogen-bond donors (Lipinski definition) is 1. The van der Waals surface area contributed by atoms with Crippen molar-refractivity contribution < 1.29 is 32.6 Å². The van der Waals surface area contributed by atoms with Crippen molar-refractivity contribution in [1.82, 2.24) is 0 Å². The molecular formula is C25H21F2NO5. The van der Waals surface area contributed by atoms with E-state index in [4.69, 9.17) is 14.2 Å². The summed E-state index contributed by atoms with van der Waals surface area (Å²) >= 11 is 0. The first-order chi connectivity index (χ1) is 15.9. The van der Waals surface area contributed by atoms with Crippen LogP contribution in [-0.4, -0.2) is 32.5 Å². The number of hydrogen-bond acceptors (Lipinski definition) is 5. The Hall–Kier alpha value is -4.20. The quantitative estimate of drug-likeness (QED) is 0.369. The minimum atomic E-state index is -0.755. The van der Waals surface area contributed by atoms with Crippen molar-refractivity contribution in [2.75, 3.05) is 26.1 Å². The highest BCUT2D eigenvalue weighted by molar-refractivity contribution is 6.06. The molecule has 3 rings (SSSR count). The Morgan fingerprint density at radius 3 is 2.21 bits per heavy atom. The highest BCUT2D eigenvalue weighted by Gasteiger charge is 2.10. The molecule has 0 heterocycles. The van der Waals surface area contributed by atoms with Gasteiger partial charge in [0.05, 0.1) is 14.2 Å². The lowest BCUT2D eigenvalue weighted by atomic mass is 10.1. The molecule has 8 heteroatoms. The Bertz CT molecular complexity index is 1160. The number of ketones is 1. The normalized spacial score (nSPS) is 10.7. The van der Waals surface area contributed by atoms with Crippen molar-refractivity contribution in [2.24, 2.45) is 0 Å². The van der Waals surface area contributed by atoms with Gasteiger partial charge in [-0.1, -0.05) is 6.07 Å². The van der Waals surface area contributed by atoms with Gasteiger partial charge in [0.1, 0.15) is 17.4 Å². The van der Waals surface area contributed by atoms with Gasteiger partial charge in [-0.25, -0.2) is 8.78 Å². The molecule has 0 unspecified atom stereocenters. The molecule has 0 fully saturated rings. The molecule has 1 N–H and O–H groups in total. The molecule has 0 aliphatic heterocycles. The first-order valence-corrected chi connectivity index (χ1v) is 9.82. The van der Waals surface area contributed by atoms with E-state index in [-0.39, 0.29) is 12.2 Å². The maximum Gasteiger partial charge on any atom is 0.262 e. The number of benzene rings is 3. The van der Waals surface area contributed by atoms with Crippen LogP contribution in [0.4, 0.5) is 14.5 Å². The molecule has 0 atom stereocenters. The van der Waals surface area contributed by atoms with E-state index in [2.05, 4.69) is 5.32 Å². The van der Waals surface area contributed by atoms with Crippen LogP contribution >= 0.6 is 0 Å². The Morgan fingerprint density at radius 1 is 0.909 bits per heavy atom. The van der Waals surface area contributed by atoms with E-state index >= 15 is 0 Å². The Kier molecular flexibility index (Phi) is 7.75. The molecule has 3 aromatic carbocycles. The summed E-state index contributed by atoms with van der Waals surface area (Å²) in [4.78, 5) is 24.4. The Morgan fingerprint density at radius 2 is 1.58 bits per heavy atom. The number of ether oxygens (including phenoxy) is 3. The summed E-state index contributed by atoms with van der Waals surface area (Å²) in [5, 5.41) is 2.69. The maximum absolute atomic E-state index is 13.7. The van der Waals surface area contributed by atoms with E-state index in [1.54, 1.807) is 18.2 Å². The molecule has 0 aliphatic rings.